The van der Waals surface area contributed by atoms with Crippen LogP contribution < -0.4 is 15.9 Å². The number of alkyl halides is 3. The Kier molecular flexibility index (Phi) is 4.41. The molecule has 1 aromatic heterocycles. The van der Waals surface area contributed by atoms with E-state index >= 15 is 0 Å². The normalized spacial score (nSPS) is 17.3. The van der Waals surface area contributed by atoms with Gasteiger partial charge in [0.1, 0.15) is 5.82 Å². The fourth-order valence-electron chi connectivity index (χ4n) is 2.04. The maximum absolute atomic E-state index is 13.3. The Hall–Kier alpha value is -2.93. The summed E-state index contributed by atoms with van der Waals surface area (Å²) < 4.78 is 54.8. The van der Waals surface area contributed by atoms with Crippen LogP contribution in [0.2, 0.25) is 5.02 Å². The summed E-state index contributed by atoms with van der Waals surface area (Å²) >= 11 is 5.67. The molecule has 26 heavy (non-hydrogen) atoms. The minimum Gasteiger partial charge on any atom is -0.348 e. The zero-order valence-corrected chi connectivity index (χ0v) is 12.9. The molecule has 1 atom stereocenters. The molecule has 1 aromatic carbocycles. The Balaban J connectivity index is 1.93. The van der Waals surface area contributed by atoms with Crippen LogP contribution in [-0.2, 0) is 14.4 Å². The molecule has 1 fully saturated rings. The average molecular weight is 396 g/mol. The second-order valence-electron chi connectivity index (χ2n) is 4.85. The molecule has 1 unspecified atom stereocenters. The zero-order chi connectivity index (χ0) is 19.1. The number of carbonyl (C=O) groups excluding carboxylic acids is 2. The van der Waals surface area contributed by atoms with E-state index in [-0.39, 0.29) is 10.6 Å². The van der Waals surface area contributed by atoms with Crippen LogP contribution in [0.25, 0.3) is 0 Å². The lowest BCUT2D eigenvalue weighted by atomic mass is 10.1. The number of aromatic nitrogens is 2. The number of halogens is 5. The third-order valence-electron chi connectivity index (χ3n) is 3.17. The Bertz CT molecular complexity index is 874. The summed E-state index contributed by atoms with van der Waals surface area (Å²) in [5.74, 6) is -5.19. The predicted octanol–water partition coefficient (Wildman–Crippen LogP) is 1.89. The lowest BCUT2D eigenvalue weighted by molar-refractivity contribution is -0.167. The van der Waals surface area contributed by atoms with Gasteiger partial charge in [-0.15, -0.1) is 0 Å². The molecule has 2 heterocycles. The van der Waals surface area contributed by atoms with Crippen molar-refractivity contribution in [3.63, 3.8) is 0 Å². The summed E-state index contributed by atoms with van der Waals surface area (Å²) in [6.45, 7) is 0. The molecule has 9 nitrogen and oxygen atoms in total. The van der Waals surface area contributed by atoms with Gasteiger partial charge in [-0.3, -0.25) is 10.1 Å². The van der Waals surface area contributed by atoms with E-state index in [1.165, 1.54) is 11.4 Å². The highest BCUT2D eigenvalue weighted by Gasteiger charge is 2.43. The summed E-state index contributed by atoms with van der Waals surface area (Å²) in [4.78, 5) is 27.6. The van der Waals surface area contributed by atoms with Gasteiger partial charge in [-0.1, -0.05) is 23.3 Å². The molecule has 1 aliphatic rings. The standard InChI is InChI=1S/C12H6ClF4N5O4/c13-5-3-4(1-2-6(5)14)7-10(23)25-21-22(7)9-8(19-26-20-9)18-11(24)12(15,16)17/h1-3,7,21H,(H,18,19,24). The van der Waals surface area contributed by atoms with Crippen LogP contribution in [0, 0.1) is 5.82 Å². The van der Waals surface area contributed by atoms with Gasteiger partial charge in [-0.05, 0) is 28.0 Å². The van der Waals surface area contributed by atoms with Crippen LogP contribution >= 0.6 is 11.6 Å². The molecule has 1 aliphatic heterocycles. The lowest BCUT2D eigenvalue weighted by Crippen LogP contribution is -2.35. The number of carbonyl (C=O) groups is 2. The van der Waals surface area contributed by atoms with Crippen molar-refractivity contribution in [2.45, 2.75) is 12.2 Å². The molecule has 1 saturated heterocycles. The van der Waals surface area contributed by atoms with E-state index in [2.05, 4.69) is 25.4 Å². The van der Waals surface area contributed by atoms with Crippen LogP contribution in [0.4, 0.5) is 29.2 Å². The highest BCUT2D eigenvalue weighted by Crippen LogP contribution is 2.34. The van der Waals surface area contributed by atoms with E-state index in [4.69, 9.17) is 11.6 Å². The molecule has 2 N–H and O–H groups in total. The summed E-state index contributed by atoms with van der Waals surface area (Å²) in [5, 5.41) is 8.46. The van der Waals surface area contributed by atoms with Crippen molar-refractivity contribution in [1.82, 2.24) is 15.9 Å². The van der Waals surface area contributed by atoms with E-state index in [0.717, 1.165) is 17.1 Å². The summed E-state index contributed by atoms with van der Waals surface area (Å²) in [6.07, 6.45) is -5.19. The molecule has 0 spiro atoms. The average Bonchev–Trinajstić information content (AvgIpc) is 3.15. The second kappa shape index (κ2) is 6.42. The number of nitrogens with zero attached hydrogens (tertiary/aromatic N) is 3. The molecular formula is C12H6ClF4N5O4. The third-order valence-corrected chi connectivity index (χ3v) is 3.46. The van der Waals surface area contributed by atoms with E-state index in [9.17, 15) is 27.2 Å². The minimum absolute atomic E-state index is 0.127. The van der Waals surface area contributed by atoms with Crippen molar-refractivity contribution < 1.29 is 36.6 Å². The van der Waals surface area contributed by atoms with Gasteiger partial charge in [-0.2, -0.15) is 13.2 Å². The SMILES string of the molecule is O=C1ONN(c2nonc2NC(=O)C(F)(F)F)C1c1ccc(F)c(Cl)c1. The van der Waals surface area contributed by atoms with Crippen molar-refractivity contribution in [3.8, 4) is 0 Å². The number of amides is 1. The number of rotatable bonds is 3. The first-order valence-electron chi connectivity index (χ1n) is 6.59. The zero-order valence-electron chi connectivity index (χ0n) is 12.2. The van der Waals surface area contributed by atoms with Gasteiger partial charge in [0, 0.05) is 0 Å². The van der Waals surface area contributed by atoms with Gasteiger partial charge in [0.2, 0.25) is 11.6 Å². The molecule has 0 saturated carbocycles. The highest BCUT2D eigenvalue weighted by molar-refractivity contribution is 6.30. The Labute approximate surface area is 145 Å². The topological polar surface area (TPSA) is 110 Å². The summed E-state index contributed by atoms with van der Waals surface area (Å²) in [7, 11) is 0. The number of hydrogen-bond acceptors (Lipinski definition) is 8. The number of benzene rings is 1. The van der Waals surface area contributed by atoms with Crippen LogP contribution in [0.15, 0.2) is 22.8 Å². The van der Waals surface area contributed by atoms with Crippen LogP contribution in [0.1, 0.15) is 11.6 Å². The smallest absolute Gasteiger partial charge is 0.348 e. The van der Waals surface area contributed by atoms with Gasteiger partial charge in [0.05, 0.1) is 5.02 Å². The summed E-state index contributed by atoms with van der Waals surface area (Å²) in [5.41, 5.74) is 2.22. The molecule has 138 valence electrons. The van der Waals surface area contributed by atoms with Crippen molar-refractivity contribution in [2.24, 2.45) is 0 Å². The lowest BCUT2D eigenvalue weighted by Gasteiger charge is -2.19. The van der Waals surface area contributed by atoms with Crippen molar-refractivity contribution in [1.29, 1.82) is 0 Å². The van der Waals surface area contributed by atoms with Gasteiger partial charge >= 0.3 is 18.1 Å². The number of nitrogens with one attached hydrogen (secondary N) is 2. The number of anilines is 2. The van der Waals surface area contributed by atoms with Crippen molar-refractivity contribution >= 4 is 35.1 Å². The maximum Gasteiger partial charge on any atom is 0.471 e. The van der Waals surface area contributed by atoms with Crippen LogP contribution in [0.3, 0.4) is 0 Å². The Morgan fingerprint density at radius 1 is 1.35 bits per heavy atom. The molecular weight excluding hydrogens is 390 g/mol. The van der Waals surface area contributed by atoms with Gasteiger partial charge < -0.3 is 4.84 Å². The van der Waals surface area contributed by atoms with Crippen LogP contribution in [-0.4, -0.2) is 28.4 Å². The first-order chi connectivity index (χ1) is 12.2. The number of hydrazine groups is 1. The second-order valence-corrected chi connectivity index (χ2v) is 5.25. The van der Waals surface area contributed by atoms with Crippen molar-refractivity contribution in [2.75, 3.05) is 10.3 Å². The number of hydrogen-bond donors (Lipinski definition) is 2. The fourth-order valence-corrected chi connectivity index (χ4v) is 2.23. The monoisotopic (exact) mass is 395 g/mol. The molecule has 2 aromatic rings. The quantitative estimate of drug-likeness (QED) is 0.758. The first-order valence-corrected chi connectivity index (χ1v) is 6.97. The van der Waals surface area contributed by atoms with E-state index in [0.29, 0.717) is 0 Å². The predicted molar refractivity (Wildman–Crippen MR) is 74.8 cm³/mol. The highest BCUT2D eigenvalue weighted by atomic mass is 35.5. The fraction of sp³-hybridized carbons (Fsp3) is 0.167. The molecule has 14 heteroatoms. The van der Waals surface area contributed by atoms with Gasteiger partial charge in [0.25, 0.3) is 0 Å². The largest absolute Gasteiger partial charge is 0.471 e. The maximum atomic E-state index is 13.3. The first kappa shape index (κ1) is 17.9. The molecule has 0 radical (unpaired) electrons. The minimum atomic E-state index is -5.19. The third kappa shape index (κ3) is 3.25. The molecule has 3 rings (SSSR count). The van der Waals surface area contributed by atoms with Gasteiger partial charge in [-0.25, -0.2) is 18.8 Å². The Morgan fingerprint density at radius 2 is 2.08 bits per heavy atom. The van der Waals surface area contributed by atoms with E-state index < -0.39 is 41.5 Å². The van der Waals surface area contributed by atoms with Crippen molar-refractivity contribution in [3.05, 3.63) is 34.6 Å². The van der Waals surface area contributed by atoms with Gasteiger partial charge in [0.15, 0.2) is 6.04 Å². The molecule has 1 amide bonds. The van der Waals surface area contributed by atoms with Crippen LogP contribution in [0.5, 0.6) is 0 Å². The van der Waals surface area contributed by atoms with E-state index in [1.807, 2.05) is 0 Å². The molecule has 0 aliphatic carbocycles. The Morgan fingerprint density at radius 3 is 2.73 bits per heavy atom. The summed E-state index contributed by atoms with van der Waals surface area (Å²) in [6, 6.07) is 1.98. The molecule has 0 bridgehead atoms. The van der Waals surface area contributed by atoms with E-state index in [1.54, 1.807) is 0 Å².